The standard InChI is InChI=1S/C14H17N5/c1-2-7-15-11-12-14(19-10-5-8-16-19)17-13-6-3-4-9-18(12)13/h3-6,8-10,15H,2,7,11H2,1H3. The number of imidazole rings is 1. The summed E-state index contributed by atoms with van der Waals surface area (Å²) in [5.41, 5.74) is 2.08. The summed E-state index contributed by atoms with van der Waals surface area (Å²) in [5.74, 6) is 0.889. The lowest BCUT2D eigenvalue weighted by molar-refractivity contribution is 0.654. The largest absolute Gasteiger partial charge is 0.311 e. The molecule has 0 aliphatic carbocycles. The molecule has 0 aromatic carbocycles. The SMILES string of the molecule is CCCNCc1c(-n2cccn2)nc2ccccn12. The Hall–Kier alpha value is -2.14. The van der Waals surface area contributed by atoms with Crippen molar-refractivity contribution in [3.8, 4) is 5.82 Å². The van der Waals surface area contributed by atoms with Crippen molar-refractivity contribution in [3.05, 3.63) is 48.5 Å². The van der Waals surface area contributed by atoms with Crippen LogP contribution in [0.15, 0.2) is 42.9 Å². The van der Waals surface area contributed by atoms with Gasteiger partial charge in [0.25, 0.3) is 0 Å². The quantitative estimate of drug-likeness (QED) is 0.709. The first kappa shape index (κ1) is 11.9. The lowest BCUT2D eigenvalue weighted by Gasteiger charge is -2.06. The first-order chi connectivity index (χ1) is 9.40. The van der Waals surface area contributed by atoms with Gasteiger partial charge in [0.1, 0.15) is 5.65 Å². The molecule has 3 aromatic rings. The summed E-state index contributed by atoms with van der Waals surface area (Å²) in [5, 5.41) is 7.71. The predicted octanol–water partition coefficient (Wildman–Crippen LogP) is 2.02. The molecule has 0 unspecified atom stereocenters. The summed E-state index contributed by atoms with van der Waals surface area (Å²) >= 11 is 0. The zero-order valence-electron chi connectivity index (χ0n) is 11.0. The van der Waals surface area contributed by atoms with Crippen LogP contribution in [0.4, 0.5) is 0 Å². The van der Waals surface area contributed by atoms with E-state index in [1.165, 1.54) is 0 Å². The molecule has 0 saturated carbocycles. The number of hydrogen-bond donors (Lipinski definition) is 1. The molecule has 0 atom stereocenters. The van der Waals surface area contributed by atoms with Gasteiger partial charge in [-0.1, -0.05) is 13.0 Å². The lowest BCUT2D eigenvalue weighted by Crippen LogP contribution is -2.17. The topological polar surface area (TPSA) is 47.2 Å². The van der Waals surface area contributed by atoms with E-state index in [0.717, 1.165) is 36.7 Å². The van der Waals surface area contributed by atoms with Crippen molar-refractivity contribution in [2.75, 3.05) is 6.54 Å². The zero-order chi connectivity index (χ0) is 13.1. The van der Waals surface area contributed by atoms with Crippen molar-refractivity contribution in [3.63, 3.8) is 0 Å². The van der Waals surface area contributed by atoms with Gasteiger partial charge in [-0.15, -0.1) is 0 Å². The Balaban J connectivity index is 2.06. The Kier molecular flexibility index (Phi) is 3.29. The molecule has 19 heavy (non-hydrogen) atoms. The molecule has 5 nitrogen and oxygen atoms in total. The number of fused-ring (bicyclic) bond motifs is 1. The number of rotatable bonds is 5. The van der Waals surface area contributed by atoms with Crippen LogP contribution in [-0.2, 0) is 6.54 Å². The first-order valence-corrected chi connectivity index (χ1v) is 6.57. The van der Waals surface area contributed by atoms with Gasteiger partial charge in [0, 0.05) is 25.1 Å². The first-order valence-electron chi connectivity index (χ1n) is 6.57. The van der Waals surface area contributed by atoms with Crippen LogP contribution in [0.3, 0.4) is 0 Å². The highest BCUT2D eigenvalue weighted by Crippen LogP contribution is 2.16. The van der Waals surface area contributed by atoms with Crippen LogP contribution in [0.2, 0.25) is 0 Å². The molecule has 98 valence electrons. The third-order valence-corrected chi connectivity index (χ3v) is 3.05. The van der Waals surface area contributed by atoms with Gasteiger partial charge < -0.3 is 9.72 Å². The third kappa shape index (κ3) is 2.24. The van der Waals surface area contributed by atoms with E-state index in [9.17, 15) is 0 Å². The number of hydrogen-bond acceptors (Lipinski definition) is 3. The molecule has 0 saturated heterocycles. The van der Waals surface area contributed by atoms with Crippen LogP contribution in [0.25, 0.3) is 11.5 Å². The number of nitrogens with one attached hydrogen (secondary N) is 1. The zero-order valence-corrected chi connectivity index (χ0v) is 11.0. The van der Waals surface area contributed by atoms with Gasteiger partial charge in [0.2, 0.25) is 0 Å². The van der Waals surface area contributed by atoms with Crippen molar-refractivity contribution >= 4 is 5.65 Å². The summed E-state index contributed by atoms with van der Waals surface area (Å²) in [7, 11) is 0. The highest BCUT2D eigenvalue weighted by molar-refractivity contribution is 5.48. The van der Waals surface area contributed by atoms with Crippen molar-refractivity contribution < 1.29 is 0 Å². The maximum atomic E-state index is 4.66. The Bertz CT molecular complexity index is 654. The van der Waals surface area contributed by atoms with E-state index in [0.29, 0.717) is 0 Å². The van der Waals surface area contributed by atoms with E-state index in [1.54, 1.807) is 6.20 Å². The van der Waals surface area contributed by atoms with Gasteiger partial charge in [-0.2, -0.15) is 5.10 Å². The normalized spacial score (nSPS) is 11.2. The summed E-state index contributed by atoms with van der Waals surface area (Å²) in [6, 6.07) is 7.94. The monoisotopic (exact) mass is 255 g/mol. The molecule has 0 amide bonds. The predicted molar refractivity (Wildman–Crippen MR) is 74.3 cm³/mol. The van der Waals surface area contributed by atoms with E-state index < -0.39 is 0 Å². The fraction of sp³-hybridized carbons (Fsp3) is 0.286. The molecular weight excluding hydrogens is 238 g/mol. The molecule has 0 aliphatic rings. The minimum Gasteiger partial charge on any atom is -0.311 e. The molecule has 5 heteroatoms. The van der Waals surface area contributed by atoms with Crippen LogP contribution in [0, 0.1) is 0 Å². The van der Waals surface area contributed by atoms with Crippen LogP contribution in [0.5, 0.6) is 0 Å². The number of nitrogens with zero attached hydrogens (tertiary/aromatic N) is 4. The summed E-state index contributed by atoms with van der Waals surface area (Å²) < 4.78 is 3.93. The van der Waals surface area contributed by atoms with Gasteiger partial charge >= 0.3 is 0 Å². The Morgan fingerprint density at radius 1 is 1.21 bits per heavy atom. The molecule has 0 fully saturated rings. The molecule has 1 N–H and O–H groups in total. The van der Waals surface area contributed by atoms with Gasteiger partial charge in [-0.25, -0.2) is 9.67 Å². The van der Waals surface area contributed by atoms with Gasteiger partial charge in [0.05, 0.1) is 5.69 Å². The van der Waals surface area contributed by atoms with Gasteiger partial charge in [-0.3, -0.25) is 0 Å². The summed E-state index contributed by atoms with van der Waals surface area (Å²) in [4.78, 5) is 4.66. The van der Waals surface area contributed by atoms with Crippen LogP contribution < -0.4 is 5.32 Å². The second kappa shape index (κ2) is 5.24. The van der Waals surface area contributed by atoms with Gasteiger partial charge in [-0.05, 0) is 31.2 Å². The Labute approximate surface area is 111 Å². The van der Waals surface area contributed by atoms with E-state index in [-0.39, 0.29) is 0 Å². The fourth-order valence-electron chi connectivity index (χ4n) is 2.16. The smallest absolute Gasteiger partial charge is 0.176 e. The average Bonchev–Trinajstić information content (AvgIpc) is 3.06. The lowest BCUT2D eigenvalue weighted by atomic mass is 10.4. The highest BCUT2D eigenvalue weighted by Gasteiger charge is 2.13. The molecule has 0 spiro atoms. The van der Waals surface area contributed by atoms with E-state index in [1.807, 2.05) is 41.3 Å². The van der Waals surface area contributed by atoms with Crippen molar-refractivity contribution in [1.29, 1.82) is 0 Å². The van der Waals surface area contributed by atoms with E-state index in [2.05, 4.69) is 26.7 Å². The summed E-state index contributed by atoms with van der Waals surface area (Å²) in [6.07, 6.45) is 6.85. The molecular formula is C14H17N5. The van der Waals surface area contributed by atoms with Crippen LogP contribution in [0.1, 0.15) is 19.0 Å². The molecule has 0 aliphatic heterocycles. The van der Waals surface area contributed by atoms with E-state index >= 15 is 0 Å². The molecule has 3 aromatic heterocycles. The van der Waals surface area contributed by atoms with Crippen LogP contribution >= 0.6 is 0 Å². The van der Waals surface area contributed by atoms with Gasteiger partial charge in [0.15, 0.2) is 5.82 Å². The maximum Gasteiger partial charge on any atom is 0.176 e. The minimum atomic E-state index is 0.786. The van der Waals surface area contributed by atoms with Crippen molar-refractivity contribution in [1.82, 2.24) is 24.5 Å². The Morgan fingerprint density at radius 3 is 2.95 bits per heavy atom. The summed E-state index contributed by atoms with van der Waals surface area (Å²) in [6.45, 7) is 3.95. The highest BCUT2D eigenvalue weighted by atomic mass is 15.3. The van der Waals surface area contributed by atoms with Crippen LogP contribution in [-0.4, -0.2) is 25.7 Å². The third-order valence-electron chi connectivity index (χ3n) is 3.05. The molecule has 3 rings (SSSR count). The second-order valence-corrected chi connectivity index (χ2v) is 4.44. The number of aromatic nitrogens is 4. The Morgan fingerprint density at radius 2 is 2.16 bits per heavy atom. The molecule has 0 radical (unpaired) electrons. The molecule has 3 heterocycles. The van der Waals surface area contributed by atoms with E-state index in [4.69, 9.17) is 0 Å². The number of pyridine rings is 1. The maximum absolute atomic E-state index is 4.66. The minimum absolute atomic E-state index is 0.786. The molecule has 0 bridgehead atoms. The average molecular weight is 255 g/mol. The fourth-order valence-corrected chi connectivity index (χ4v) is 2.16. The van der Waals surface area contributed by atoms with Crippen molar-refractivity contribution in [2.45, 2.75) is 19.9 Å². The second-order valence-electron chi connectivity index (χ2n) is 4.44. The van der Waals surface area contributed by atoms with Crippen molar-refractivity contribution in [2.24, 2.45) is 0 Å².